The Bertz CT molecular complexity index is 2550. The summed E-state index contributed by atoms with van der Waals surface area (Å²) in [6, 6.07) is 53.0. The van der Waals surface area contributed by atoms with E-state index in [1.807, 2.05) is 42.5 Å². The Balaban J connectivity index is 0.000000220. The molecule has 5 heterocycles. The third kappa shape index (κ3) is 4.52. The van der Waals surface area contributed by atoms with Gasteiger partial charge in [0.25, 0.3) is 0 Å². The number of rotatable bonds is 2. The van der Waals surface area contributed by atoms with Crippen molar-refractivity contribution in [1.82, 2.24) is 18.8 Å². The van der Waals surface area contributed by atoms with E-state index in [1.165, 1.54) is 48.8 Å². The van der Waals surface area contributed by atoms with Crippen molar-refractivity contribution in [2.75, 3.05) is 0 Å². The van der Waals surface area contributed by atoms with Gasteiger partial charge in [0.15, 0.2) is 8.24 Å². The molecule has 1 aliphatic heterocycles. The largest absolute Gasteiger partial charge is 0.404 e. The summed E-state index contributed by atoms with van der Waals surface area (Å²) in [4.78, 5) is 9.41. The summed E-state index contributed by atoms with van der Waals surface area (Å²) >= 11 is 0. The second-order valence-corrected chi connectivity index (χ2v) is 16.5. The van der Waals surface area contributed by atoms with Gasteiger partial charge in [-0.05, 0) is 70.9 Å². The van der Waals surface area contributed by atoms with Crippen LogP contribution in [0.25, 0.3) is 71.8 Å². The maximum Gasteiger partial charge on any atom is 0.171 e. The Hall–Kier alpha value is -5.13. The number of hydrogen-bond donors (Lipinski definition) is 0. The molecule has 0 spiro atoms. The number of aromatic nitrogens is 4. The quantitative estimate of drug-likeness (QED) is 0.129. The second kappa shape index (κ2) is 11.8. The van der Waals surface area contributed by atoms with Crippen LogP contribution < -0.4 is 5.19 Å². The van der Waals surface area contributed by atoms with Gasteiger partial charge in [0, 0.05) is 54.5 Å². The molecule has 4 nitrogen and oxygen atoms in total. The van der Waals surface area contributed by atoms with E-state index in [-0.39, 0.29) is 20.1 Å². The zero-order valence-electron chi connectivity index (χ0n) is 26.5. The zero-order valence-corrected chi connectivity index (χ0v) is 29.9. The average molecular weight is 811 g/mol. The molecule has 0 atom stereocenters. The van der Waals surface area contributed by atoms with Crippen molar-refractivity contribution in [2.45, 2.75) is 13.1 Å². The number of hydrogen-bond acceptors (Lipinski definition) is 2. The van der Waals surface area contributed by atoms with Gasteiger partial charge in [-0.2, -0.15) is 0 Å². The first-order chi connectivity index (χ1) is 23.1. The van der Waals surface area contributed by atoms with Crippen LogP contribution in [-0.4, -0.2) is 27.0 Å². The molecular formula is C42H30IrN4Si-2. The van der Waals surface area contributed by atoms with Crippen molar-refractivity contribution < 1.29 is 20.1 Å². The SMILES string of the molecule is C[Si]1(C)c2c(ncc3c2c2ccccc2n3-c2ccccc2)-c2[c-]ccc3c4ccccc4n1c23.[Ir].[c-]1ccccc1-c1ccccn1. The summed E-state index contributed by atoms with van der Waals surface area (Å²) < 4.78 is 5.03. The van der Waals surface area contributed by atoms with Crippen LogP contribution in [0.15, 0.2) is 146 Å². The maximum atomic E-state index is 5.19. The topological polar surface area (TPSA) is 35.6 Å². The van der Waals surface area contributed by atoms with Gasteiger partial charge in [0.05, 0.1) is 11.0 Å². The second-order valence-electron chi connectivity index (χ2n) is 12.4. The van der Waals surface area contributed by atoms with Crippen LogP contribution in [-0.2, 0) is 20.1 Å². The van der Waals surface area contributed by atoms with Crippen molar-refractivity contribution in [2.24, 2.45) is 0 Å². The molecular weight excluding hydrogens is 781 g/mol. The molecule has 5 aromatic carbocycles. The van der Waals surface area contributed by atoms with Crippen LogP contribution in [0.4, 0.5) is 0 Å². The normalized spacial score (nSPS) is 12.8. The minimum atomic E-state index is -2.22. The minimum Gasteiger partial charge on any atom is -0.404 e. The predicted molar refractivity (Wildman–Crippen MR) is 197 cm³/mol. The minimum absolute atomic E-state index is 0. The third-order valence-corrected chi connectivity index (χ3v) is 12.7. The molecule has 0 aliphatic carbocycles. The van der Waals surface area contributed by atoms with Crippen LogP contribution in [0.2, 0.25) is 13.1 Å². The van der Waals surface area contributed by atoms with Gasteiger partial charge in [-0.25, -0.2) is 0 Å². The molecule has 10 rings (SSSR count). The predicted octanol–water partition coefficient (Wildman–Crippen LogP) is 9.57. The third-order valence-electron chi connectivity index (χ3n) is 9.41. The molecule has 1 aliphatic rings. The van der Waals surface area contributed by atoms with Crippen LogP contribution >= 0.6 is 0 Å². The van der Waals surface area contributed by atoms with Crippen molar-refractivity contribution in [1.29, 1.82) is 0 Å². The fourth-order valence-electron chi connectivity index (χ4n) is 7.50. The van der Waals surface area contributed by atoms with Gasteiger partial charge in [-0.3, -0.25) is 0 Å². The molecule has 1 radical (unpaired) electrons. The summed E-state index contributed by atoms with van der Waals surface area (Å²) in [5, 5.41) is 6.64. The van der Waals surface area contributed by atoms with Crippen molar-refractivity contribution >= 4 is 57.0 Å². The molecule has 48 heavy (non-hydrogen) atoms. The van der Waals surface area contributed by atoms with E-state index >= 15 is 0 Å². The Labute approximate surface area is 293 Å². The first-order valence-electron chi connectivity index (χ1n) is 15.9. The van der Waals surface area contributed by atoms with E-state index in [0.29, 0.717) is 0 Å². The number of para-hydroxylation sites is 3. The van der Waals surface area contributed by atoms with Gasteiger partial charge in [-0.15, -0.1) is 59.7 Å². The summed E-state index contributed by atoms with van der Waals surface area (Å²) in [5.41, 5.74) is 10.4. The van der Waals surface area contributed by atoms with Gasteiger partial charge in [0.1, 0.15) is 0 Å². The molecule has 0 fully saturated rings. The van der Waals surface area contributed by atoms with E-state index in [9.17, 15) is 0 Å². The molecule has 9 aromatic rings. The van der Waals surface area contributed by atoms with Gasteiger partial charge in [0.2, 0.25) is 0 Å². The maximum absolute atomic E-state index is 5.19. The molecule has 233 valence electrons. The smallest absolute Gasteiger partial charge is 0.171 e. The first-order valence-corrected chi connectivity index (χ1v) is 18.9. The van der Waals surface area contributed by atoms with Crippen LogP contribution in [0.3, 0.4) is 0 Å². The molecule has 6 heteroatoms. The molecule has 0 amide bonds. The Kier molecular flexibility index (Phi) is 7.45. The van der Waals surface area contributed by atoms with E-state index in [0.717, 1.165) is 28.2 Å². The number of pyridine rings is 2. The van der Waals surface area contributed by atoms with E-state index in [1.54, 1.807) is 6.20 Å². The number of fused-ring (bicyclic) bond motifs is 9. The first kappa shape index (κ1) is 30.2. The van der Waals surface area contributed by atoms with Gasteiger partial charge in [-0.1, -0.05) is 72.1 Å². The Morgan fingerprint density at radius 1 is 0.604 bits per heavy atom. The van der Waals surface area contributed by atoms with Crippen molar-refractivity contribution in [3.63, 3.8) is 0 Å². The summed E-state index contributed by atoms with van der Waals surface area (Å²) in [6.07, 6.45) is 3.87. The molecule has 0 saturated carbocycles. The van der Waals surface area contributed by atoms with E-state index < -0.39 is 8.24 Å². The number of benzene rings is 5. The monoisotopic (exact) mass is 811 g/mol. The van der Waals surface area contributed by atoms with E-state index in [4.69, 9.17) is 4.98 Å². The molecule has 0 saturated heterocycles. The average Bonchev–Trinajstić information content (AvgIpc) is 3.66. The Morgan fingerprint density at radius 2 is 1.33 bits per heavy atom. The van der Waals surface area contributed by atoms with Crippen molar-refractivity contribution in [3.8, 4) is 28.2 Å². The van der Waals surface area contributed by atoms with Gasteiger partial charge < -0.3 is 18.8 Å². The van der Waals surface area contributed by atoms with Gasteiger partial charge >= 0.3 is 0 Å². The summed E-state index contributed by atoms with van der Waals surface area (Å²) in [6.45, 7) is 4.95. The Morgan fingerprint density at radius 3 is 2.10 bits per heavy atom. The summed E-state index contributed by atoms with van der Waals surface area (Å²) in [7, 11) is -2.22. The van der Waals surface area contributed by atoms with Crippen LogP contribution in [0.5, 0.6) is 0 Å². The van der Waals surface area contributed by atoms with Crippen LogP contribution in [0, 0.1) is 12.1 Å². The fraction of sp³-hybridized carbons (Fsp3) is 0.0476. The number of nitrogens with zero attached hydrogens (tertiary/aromatic N) is 4. The zero-order chi connectivity index (χ0) is 31.5. The fourth-order valence-corrected chi connectivity index (χ4v) is 11.0. The molecule has 0 unspecified atom stereocenters. The molecule has 0 bridgehead atoms. The van der Waals surface area contributed by atoms with Crippen molar-refractivity contribution in [3.05, 3.63) is 158 Å². The molecule has 4 aromatic heterocycles. The van der Waals surface area contributed by atoms with E-state index in [2.05, 4.69) is 136 Å². The van der Waals surface area contributed by atoms with Crippen LogP contribution in [0.1, 0.15) is 0 Å². The standard InChI is InChI=1S/C31H22N3Si.C11H8N.Ir/c1-35(2)31-28-23-14-7-8-17-25(23)33(20-11-4-3-5-12-20)27(28)19-32-29(31)24-16-10-15-22-21-13-6-9-18-26(21)34(35)30(22)24;1-2-6-10(7-3-1)11-8-4-5-9-12-11;/h3-15,17-19H,1-2H3;1-6,8-9H;/q2*-1;. The summed E-state index contributed by atoms with van der Waals surface area (Å²) in [5.74, 6) is 0. The molecule has 0 N–H and O–H groups in total.